The van der Waals surface area contributed by atoms with E-state index in [9.17, 15) is 19.7 Å². The number of nitro benzene ring substituents is 1. The van der Waals surface area contributed by atoms with Crippen LogP contribution in [0.15, 0.2) is 77.7 Å². The molecule has 2 N–H and O–H groups in total. The summed E-state index contributed by atoms with van der Waals surface area (Å²) in [6.07, 6.45) is 0.632. The molecule has 0 aromatic heterocycles. The van der Waals surface area contributed by atoms with Gasteiger partial charge in [-0.3, -0.25) is 19.7 Å². The van der Waals surface area contributed by atoms with Crippen LogP contribution in [0.5, 0.6) is 0 Å². The molecule has 1 unspecified atom stereocenters. The van der Waals surface area contributed by atoms with Crippen LogP contribution in [0.25, 0.3) is 0 Å². The van der Waals surface area contributed by atoms with E-state index >= 15 is 0 Å². The average molecular weight is 450 g/mol. The molecular weight excluding hydrogens is 426 g/mol. The third-order valence-electron chi connectivity index (χ3n) is 4.67. The van der Waals surface area contributed by atoms with Gasteiger partial charge in [0, 0.05) is 34.0 Å². The smallest absolute Gasteiger partial charge is 0.270 e. The van der Waals surface area contributed by atoms with Gasteiger partial charge in [0.05, 0.1) is 10.2 Å². The van der Waals surface area contributed by atoms with Crippen molar-refractivity contribution in [1.82, 2.24) is 0 Å². The number of rotatable bonds is 8. The number of carbonyl (C=O) groups is 2. The number of nitrogens with one attached hydrogen (secondary N) is 2. The second kappa shape index (κ2) is 10.6. The van der Waals surface area contributed by atoms with Gasteiger partial charge < -0.3 is 10.6 Å². The molecule has 8 heteroatoms. The van der Waals surface area contributed by atoms with E-state index in [2.05, 4.69) is 10.6 Å². The minimum Gasteiger partial charge on any atom is -0.325 e. The second-order valence-corrected chi connectivity index (χ2v) is 8.44. The molecule has 0 saturated heterocycles. The molecule has 3 rings (SSSR count). The zero-order chi connectivity index (χ0) is 23.1. The van der Waals surface area contributed by atoms with E-state index in [1.165, 1.54) is 36.0 Å². The van der Waals surface area contributed by atoms with Crippen LogP contribution in [0, 0.1) is 17.0 Å². The van der Waals surface area contributed by atoms with Crippen molar-refractivity contribution in [3.8, 4) is 0 Å². The number of thioether (sulfide) groups is 1. The molecule has 3 aromatic rings. The van der Waals surface area contributed by atoms with Gasteiger partial charge in [0.1, 0.15) is 0 Å². The van der Waals surface area contributed by atoms with Gasteiger partial charge in [0.2, 0.25) is 5.91 Å². The molecule has 0 aliphatic heterocycles. The number of carbonyl (C=O) groups excluding carboxylic acids is 2. The third kappa shape index (κ3) is 6.18. The van der Waals surface area contributed by atoms with Gasteiger partial charge in [-0.25, -0.2) is 0 Å². The fourth-order valence-electron chi connectivity index (χ4n) is 2.96. The number of benzene rings is 3. The Labute approximate surface area is 190 Å². The molecule has 0 radical (unpaired) electrons. The molecule has 1 atom stereocenters. The predicted octanol–water partition coefficient (Wildman–Crippen LogP) is 5.66. The Hall–Kier alpha value is -3.65. The van der Waals surface area contributed by atoms with E-state index in [-0.39, 0.29) is 22.4 Å². The Bertz CT molecular complexity index is 1130. The maximum Gasteiger partial charge on any atom is 0.270 e. The maximum absolute atomic E-state index is 12.7. The van der Waals surface area contributed by atoms with Crippen molar-refractivity contribution in [2.24, 2.45) is 0 Å². The monoisotopic (exact) mass is 449 g/mol. The van der Waals surface area contributed by atoms with Gasteiger partial charge in [-0.05, 0) is 49.7 Å². The summed E-state index contributed by atoms with van der Waals surface area (Å²) in [5, 5.41) is 16.3. The SMILES string of the molecule is CCC(Sc1cccc(NC(=O)c2cccc([N+](=O)[O-])c2)c1)C(=O)Nc1ccc(C)cc1. The summed E-state index contributed by atoms with van der Waals surface area (Å²) in [5.41, 5.74) is 2.46. The summed E-state index contributed by atoms with van der Waals surface area (Å²) >= 11 is 1.41. The first-order valence-electron chi connectivity index (χ1n) is 10.1. The highest BCUT2D eigenvalue weighted by Gasteiger charge is 2.19. The van der Waals surface area contributed by atoms with Crippen LogP contribution in [0.1, 0.15) is 29.3 Å². The number of hydrogen-bond acceptors (Lipinski definition) is 5. The summed E-state index contributed by atoms with van der Waals surface area (Å²) in [5.74, 6) is -0.535. The number of non-ortho nitro benzene ring substituents is 1. The van der Waals surface area contributed by atoms with E-state index in [4.69, 9.17) is 0 Å². The Morgan fingerprint density at radius 3 is 2.38 bits per heavy atom. The number of aryl methyl sites for hydroxylation is 1. The minimum atomic E-state index is -0.541. The van der Waals surface area contributed by atoms with E-state index in [0.717, 1.165) is 16.1 Å². The molecule has 164 valence electrons. The van der Waals surface area contributed by atoms with Crippen LogP contribution in [0.3, 0.4) is 0 Å². The van der Waals surface area contributed by atoms with Crippen molar-refractivity contribution in [2.75, 3.05) is 10.6 Å². The predicted molar refractivity (Wildman–Crippen MR) is 127 cm³/mol. The van der Waals surface area contributed by atoms with Crippen LogP contribution in [-0.4, -0.2) is 22.0 Å². The quantitative estimate of drug-likeness (QED) is 0.262. The van der Waals surface area contributed by atoms with E-state index in [0.29, 0.717) is 12.1 Å². The van der Waals surface area contributed by atoms with Crippen LogP contribution >= 0.6 is 11.8 Å². The Kier molecular flexibility index (Phi) is 7.62. The topological polar surface area (TPSA) is 101 Å². The number of anilines is 2. The Balaban J connectivity index is 1.67. The lowest BCUT2D eigenvalue weighted by molar-refractivity contribution is -0.384. The number of nitrogens with zero attached hydrogens (tertiary/aromatic N) is 1. The van der Waals surface area contributed by atoms with Crippen molar-refractivity contribution in [3.05, 3.63) is 94.0 Å². The van der Waals surface area contributed by atoms with Crippen molar-refractivity contribution >= 4 is 40.6 Å². The fraction of sp³-hybridized carbons (Fsp3) is 0.167. The normalized spacial score (nSPS) is 11.4. The van der Waals surface area contributed by atoms with Gasteiger partial charge in [-0.1, -0.05) is 36.8 Å². The summed E-state index contributed by atoms with van der Waals surface area (Å²) in [6, 6.07) is 20.3. The standard InChI is InChI=1S/C24H23N3O4S/c1-3-22(24(29)25-18-12-10-16(2)11-13-18)32-21-9-5-7-19(15-21)26-23(28)17-6-4-8-20(14-17)27(30)31/h4-15,22H,3H2,1-2H3,(H,25,29)(H,26,28). The maximum atomic E-state index is 12.7. The molecule has 0 aliphatic rings. The van der Waals surface area contributed by atoms with Crippen LogP contribution in [0.4, 0.5) is 17.1 Å². The molecule has 3 aromatic carbocycles. The van der Waals surface area contributed by atoms with Crippen molar-refractivity contribution < 1.29 is 14.5 Å². The largest absolute Gasteiger partial charge is 0.325 e. The molecule has 0 spiro atoms. The van der Waals surface area contributed by atoms with Crippen molar-refractivity contribution in [3.63, 3.8) is 0 Å². The lowest BCUT2D eigenvalue weighted by Gasteiger charge is -2.15. The summed E-state index contributed by atoms with van der Waals surface area (Å²) in [7, 11) is 0. The molecule has 0 saturated carbocycles. The lowest BCUT2D eigenvalue weighted by Crippen LogP contribution is -2.24. The van der Waals surface area contributed by atoms with Crippen molar-refractivity contribution in [1.29, 1.82) is 0 Å². The molecule has 0 heterocycles. The van der Waals surface area contributed by atoms with Gasteiger partial charge in [-0.15, -0.1) is 11.8 Å². The first-order valence-corrected chi connectivity index (χ1v) is 10.9. The summed E-state index contributed by atoms with van der Waals surface area (Å²) in [4.78, 5) is 36.4. The van der Waals surface area contributed by atoms with Gasteiger partial charge >= 0.3 is 0 Å². The van der Waals surface area contributed by atoms with E-state index in [1.807, 2.05) is 44.2 Å². The highest BCUT2D eigenvalue weighted by atomic mass is 32.2. The van der Waals surface area contributed by atoms with Crippen molar-refractivity contribution in [2.45, 2.75) is 30.4 Å². The third-order valence-corrected chi connectivity index (χ3v) is 6.03. The zero-order valence-corrected chi connectivity index (χ0v) is 18.5. The van der Waals surface area contributed by atoms with Gasteiger partial charge in [0.25, 0.3) is 11.6 Å². The summed E-state index contributed by atoms with van der Waals surface area (Å²) < 4.78 is 0. The molecule has 7 nitrogen and oxygen atoms in total. The molecule has 0 aliphatic carbocycles. The molecule has 32 heavy (non-hydrogen) atoms. The Morgan fingerprint density at radius 1 is 0.969 bits per heavy atom. The van der Waals surface area contributed by atoms with Crippen LogP contribution in [0.2, 0.25) is 0 Å². The minimum absolute atomic E-state index is 0.0904. The second-order valence-electron chi connectivity index (χ2n) is 7.16. The highest BCUT2D eigenvalue weighted by Crippen LogP contribution is 2.29. The van der Waals surface area contributed by atoms with Crippen LogP contribution in [-0.2, 0) is 4.79 Å². The fourth-order valence-corrected chi connectivity index (χ4v) is 3.97. The number of amides is 2. The highest BCUT2D eigenvalue weighted by molar-refractivity contribution is 8.00. The number of nitro groups is 1. The van der Waals surface area contributed by atoms with E-state index in [1.54, 1.807) is 18.2 Å². The Morgan fingerprint density at radius 2 is 1.69 bits per heavy atom. The molecular formula is C24H23N3O4S. The zero-order valence-electron chi connectivity index (χ0n) is 17.7. The van der Waals surface area contributed by atoms with Gasteiger partial charge in [0.15, 0.2) is 0 Å². The van der Waals surface area contributed by atoms with Gasteiger partial charge in [-0.2, -0.15) is 0 Å². The van der Waals surface area contributed by atoms with E-state index < -0.39 is 10.8 Å². The molecule has 0 fully saturated rings. The molecule has 2 amide bonds. The first kappa shape index (κ1) is 23.0. The number of hydrogen-bond donors (Lipinski definition) is 2. The average Bonchev–Trinajstić information content (AvgIpc) is 2.79. The first-order chi connectivity index (χ1) is 15.4. The summed E-state index contributed by atoms with van der Waals surface area (Å²) in [6.45, 7) is 3.93. The van der Waals surface area contributed by atoms with Crippen LogP contribution < -0.4 is 10.6 Å². The molecule has 0 bridgehead atoms. The lowest BCUT2D eigenvalue weighted by atomic mass is 10.2.